The fourth-order valence-corrected chi connectivity index (χ4v) is 0. The number of hydrogen-bond donors (Lipinski definition) is 0. The summed E-state index contributed by atoms with van der Waals surface area (Å²) in [5.74, 6) is 0. The minimum absolute atomic E-state index is 0.277. The van der Waals surface area contributed by atoms with Crippen molar-refractivity contribution >= 4 is 3.71 Å². The first-order valence-electron chi connectivity index (χ1n) is 1.14. The summed E-state index contributed by atoms with van der Waals surface area (Å²) in [7, 11) is 0. The van der Waals surface area contributed by atoms with Crippen LogP contribution in [0.4, 0.5) is 13.2 Å². The summed E-state index contributed by atoms with van der Waals surface area (Å²) < 4.78 is 32.5. The van der Waals surface area contributed by atoms with E-state index in [1.54, 1.807) is 0 Å². The molecule has 0 saturated carbocycles. The second kappa shape index (κ2) is 2.01. The van der Waals surface area contributed by atoms with Crippen molar-refractivity contribution in [3.05, 3.63) is 0 Å². The Hall–Kier alpha value is 0.543. The van der Waals surface area contributed by atoms with Gasteiger partial charge in [-0.25, -0.2) is 0 Å². The van der Waals surface area contributed by atoms with E-state index in [1.165, 1.54) is 0 Å². The Morgan fingerprint density at radius 3 is 1.50 bits per heavy atom. The summed E-state index contributed by atoms with van der Waals surface area (Å²) in [6.07, 6.45) is -4.04. The maximum atomic E-state index is 10.8. The summed E-state index contributed by atoms with van der Waals surface area (Å²) in [5, 5.41) is 0. The van der Waals surface area contributed by atoms with E-state index in [0.29, 0.717) is 24.2 Å². The van der Waals surface area contributed by atoms with Gasteiger partial charge in [-0.1, -0.05) is 0 Å². The first-order valence-corrected chi connectivity index (χ1v) is 2.56. The number of halogens is 3. The van der Waals surface area contributed by atoms with Crippen LogP contribution >= 0.6 is 0 Å². The third-order valence-corrected chi connectivity index (χ3v) is 0.968. The third-order valence-electron chi connectivity index (χ3n) is 0.164. The SMILES string of the molecule is FC(F)(F)[CH]=[Zr]. The molecular formula is C2HF3Zr. The predicted molar refractivity (Wildman–Crippen MR) is 12.1 cm³/mol. The minimum atomic E-state index is -4.04. The number of rotatable bonds is 0. The second-order valence-corrected chi connectivity index (χ2v) is 1.40. The van der Waals surface area contributed by atoms with Crippen LogP contribution in [0, 0.1) is 0 Å². The molecule has 0 aromatic carbocycles. The van der Waals surface area contributed by atoms with Crippen molar-refractivity contribution < 1.29 is 37.4 Å². The number of alkyl halides is 3. The molecule has 0 rings (SSSR count). The zero-order valence-electron chi connectivity index (χ0n) is 2.71. The molecule has 0 aromatic heterocycles. The molecule has 0 bridgehead atoms. The molecule has 0 nitrogen and oxygen atoms in total. The summed E-state index contributed by atoms with van der Waals surface area (Å²) in [6, 6.07) is 0. The summed E-state index contributed by atoms with van der Waals surface area (Å²) in [6.45, 7) is 0. The van der Waals surface area contributed by atoms with Gasteiger partial charge in [-0.15, -0.1) is 0 Å². The monoisotopic (exact) mass is 172 g/mol. The molecule has 0 heterocycles. The normalized spacial score (nSPS) is 11.0. The molecule has 34 valence electrons. The van der Waals surface area contributed by atoms with Gasteiger partial charge in [-0.2, -0.15) is 0 Å². The van der Waals surface area contributed by atoms with Crippen molar-refractivity contribution in [2.45, 2.75) is 6.18 Å². The Labute approximate surface area is 47.7 Å². The van der Waals surface area contributed by atoms with E-state index in [-0.39, 0.29) is 3.71 Å². The molecule has 0 unspecified atom stereocenters. The van der Waals surface area contributed by atoms with Gasteiger partial charge in [-0.3, -0.25) is 0 Å². The second-order valence-electron chi connectivity index (χ2n) is 0.686. The van der Waals surface area contributed by atoms with Crippen molar-refractivity contribution in [1.29, 1.82) is 0 Å². The quantitative estimate of drug-likeness (QED) is 0.510. The van der Waals surface area contributed by atoms with Gasteiger partial charge in [0.15, 0.2) is 0 Å². The third kappa shape index (κ3) is 4.54. The average molecular weight is 173 g/mol. The topological polar surface area (TPSA) is 0 Å². The fraction of sp³-hybridized carbons (Fsp3) is 0.500. The summed E-state index contributed by atoms with van der Waals surface area (Å²) >= 11 is 0.401. The van der Waals surface area contributed by atoms with Gasteiger partial charge in [-0.05, 0) is 0 Å². The molecule has 0 aliphatic heterocycles. The first-order chi connectivity index (χ1) is 2.56. The van der Waals surface area contributed by atoms with Crippen LogP contribution in [-0.4, -0.2) is 9.89 Å². The van der Waals surface area contributed by atoms with Crippen LogP contribution in [0.1, 0.15) is 0 Å². The van der Waals surface area contributed by atoms with E-state index in [9.17, 15) is 13.2 Å². The van der Waals surface area contributed by atoms with Gasteiger partial charge in [0.05, 0.1) is 0 Å². The predicted octanol–water partition coefficient (Wildman–Crippen LogP) is 0.898. The van der Waals surface area contributed by atoms with Crippen LogP contribution in [0.5, 0.6) is 0 Å². The van der Waals surface area contributed by atoms with E-state index in [2.05, 4.69) is 0 Å². The molecule has 0 radical (unpaired) electrons. The molecule has 0 N–H and O–H groups in total. The van der Waals surface area contributed by atoms with Gasteiger partial charge in [0.25, 0.3) is 0 Å². The van der Waals surface area contributed by atoms with Crippen molar-refractivity contribution in [2.24, 2.45) is 0 Å². The molecule has 6 heavy (non-hydrogen) atoms. The fourth-order valence-electron chi connectivity index (χ4n) is 0. The molecule has 0 aromatic rings. The molecule has 0 saturated heterocycles. The Morgan fingerprint density at radius 2 is 1.50 bits per heavy atom. The van der Waals surface area contributed by atoms with Crippen molar-refractivity contribution in [2.75, 3.05) is 0 Å². The molecule has 0 atom stereocenters. The van der Waals surface area contributed by atoms with Crippen molar-refractivity contribution in [3.8, 4) is 0 Å². The molecule has 0 aliphatic rings. The molecule has 4 heteroatoms. The van der Waals surface area contributed by atoms with E-state index in [0.717, 1.165) is 0 Å². The Balaban J connectivity index is 3.45. The summed E-state index contributed by atoms with van der Waals surface area (Å²) in [5.41, 5.74) is 0. The van der Waals surface area contributed by atoms with Crippen molar-refractivity contribution in [3.63, 3.8) is 0 Å². The Morgan fingerprint density at radius 1 is 1.33 bits per heavy atom. The van der Waals surface area contributed by atoms with Crippen LogP contribution in [-0.2, 0) is 24.2 Å². The van der Waals surface area contributed by atoms with Gasteiger partial charge in [0.2, 0.25) is 0 Å². The van der Waals surface area contributed by atoms with Crippen LogP contribution in [0.25, 0.3) is 0 Å². The number of hydrogen-bond acceptors (Lipinski definition) is 0. The average Bonchev–Trinajstić information content (AvgIpc) is 1.35. The molecule has 0 aliphatic carbocycles. The zero-order chi connectivity index (χ0) is 5.21. The zero-order valence-corrected chi connectivity index (χ0v) is 5.17. The molecular weight excluding hydrogens is 172 g/mol. The van der Waals surface area contributed by atoms with Gasteiger partial charge >= 0.3 is 47.3 Å². The first kappa shape index (κ1) is 6.54. The van der Waals surface area contributed by atoms with Crippen LogP contribution in [0.2, 0.25) is 0 Å². The van der Waals surface area contributed by atoms with Gasteiger partial charge in [0.1, 0.15) is 0 Å². The van der Waals surface area contributed by atoms with Gasteiger partial charge < -0.3 is 0 Å². The van der Waals surface area contributed by atoms with E-state index < -0.39 is 6.18 Å². The molecule has 0 spiro atoms. The van der Waals surface area contributed by atoms with Crippen LogP contribution < -0.4 is 0 Å². The summed E-state index contributed by atoms with van der Waals surface area (Å²) in [4.78, 5) is 0. The van der Waals surface area contributed by atoms with Gasteiger partial charge in [0, 0.05) is 0 Å². The van der Waals surface area contributed by atoms with E-state index in [4.69, 9.17) is 0 Å². The molecule has 0 fully saturated rings. The van der Waals surface area contributed by atoms with Crippen molar-refractivity contribution in [1.82, 2.24) is 0 Å². The Bertz CT molecular complexity index is 54.3. The van der Waals surface area contributed by atoms with Crippen LogP contribution in [0.3, 0.4) is 0 Å². The van der Waals surface area contributed by atoms with Crippen LogP contribution in [0.15, 0.2) is 0 Å². The molecule has 0 amide bonds. The van der Waals surface area contributed by atoms with E-state index >= 15 is 0 Å². The Kier molecular flexibility index (Phi) is 2.19. The maximum absolute atomic E-state index is 10.8. The standard InChI is InChI=1S/C2HF3.Zr/c1-2(3,4)5;/h1H;. The van der Waals surface area contributed by atoms with E-state index in [1.807, 2.05) is 0 Å².